The molecule has 0 rings (SSSR count). The first-order chi connectivity index (χ1) is 10.1. The molecule has 9 nitrogen and oxygen atoms in total. The quantitative estimate of drug-likeness (QED) is 0.212. The molecule has 0 radical (unpaired) electrons. The molecule has 0 unspecified atom stereocenters. The van der Waals surface area contributed by atoms with Crippen LogP contribution in [-0.2, 0) is 23.7 Å². The highest BCUT2D eigenvalue weighted by molar-refractivity contribution is 5.69. The number of carbonyl (C=O) groups excluding carboxylic acids is 1. The summed E-state index contributed by atoms with van der Waals surface area (Å²) in [5.41, 5.74) is 0. The van der Waals surface area contributed by atoms with Crippen molar-refractivity contribution in [2.24, 2.45) is 0 Å². The van der Waals surface area contributed by atoms with Gasteiger partial charge < -0.3 is 39.4 Å². The summed E-state index contributed by atoms with van der Waals surface area (Å²) >= 11 is 0. The highest BCUT2D eigenvalue weighted by atomic mass is 16.9. The van der Waals surface area contributed by atoms with E-state index >= 15 is 0 Å². The average molecular weight is 312 g/mol. The number of carbonyl (C=O) groups is 1. The van der Waals surface area contributed by atoms with Gasteiger partial charge in [-0.3, -0.25) is 4.79 Å². The van der Waals surface area contributed by atoms with Gasteiger partial charge in [-0.05, 0) is 0 Å². The van der Waals surface area contributed by atoms with Crippen molar-refractivity contribution in [1.82, 2.24) is 0 Å². The Kier molecular flexibility index (Phi) is 12.4. The molecule has 126 valence electrons. The van der Waals surface area contributed by atoms with Crippen molar-refractivity contribution in [3.05, 3.63) is 0 Å². The summed E-state index contributed by atoms with van der Waals surface area (Å²) in [4.78, 5) is 11.4. The van der Waals surface area contributed by atoms with Crippen molar-refractivity contribution in [2.45, 2.75) is 18.8 Å². The highest BCUT2D eigenvalue weighted by Crippen LogP contribution is 2.22. The SMILES string of the molecule is O=C(CCC(OCCO)(OCCO)OCCO)OCCO. The molecule has 0 saturated carbocycles. The van der Waals surface area contributed by atoms with E-state index in [1.54, 1.807) is 0 Å². The minimum Gasteiger partial charge on any atom is -0.463 e. The number of hydrogen-bond donors (Lipinski definition) is 4. The van der Waals surface area contributed by atoms with E-state index in [-0.39, 0.29) is 65.7 Å². The molecular formula is C12H24O9. The summed E-state index contributed by atoms with van der Waals surface area (Å²) < 4.78 is 20.5. The van der Waals surface area contributed by atoms with E-state index in [9.17, 15) is 4.79 Å². The lowest BCUT2D eigenvalue weighted by Crippen LogP contribution is -2.42. The zero-order valence-corrected chi connectivity index (χ0v) is 11.9. The third-order valence-corrected chi connectivity index (χ3v) is 2.23. The molecule has 4 N–H and O–H groups in total. The van der Waals surface area contributed by atoms with Gasteiger partial charge in [0.1, 0.15) is 6.61 Å². The predicted molar refractivity (Wildman–Crippen MR) is 69.1 cm³/mol. The molecule has 0 aliphatic heterocycles. The first-order valence-corrected chi connectivity index (χ1v) is 6.65. The van der Waals surface area contributed by atoms with Crippen LogP contribution in [-0.4, -0.2) is 85.2 Å². The highest BCUT2D eigenvalue weighted by Gasteiger charge is 2.34. The lowest BCUT2D eigenvalue weighted by molar-refractivity contribution is -0.386. The minimum absolute atomic E-state index is 0.0583. The number of aliphatic hydroxyl groups excluding tert-OH is 4. The van der Waals surface area contributed by atoms with Crippen molar-refractivity contribution in [1.29, 1.82) is 0 Å². The maximum Gasteiger partial charge on any atom is 0.306 e. The van der Waals surface area contributed by atoms with E-state index in [1.165, 1.54) is 0 Å². The second kappa shape index (κ2) is 12.9. The summed E-state index contributed by atoms with van der Waals surface area (Å²) in [5, 5.41) is 35.0. The van der Waals surface area contributed by atoms with Crippen molar-refractivity contribution < 1.29 is 44.2 Å². The van der Waals surface area contributed by atoms with Crippen LogP contribution in [0.5, 0.6) is 0 Å². The largest absolute Gasteiger partial charge is 0.463 e. The van der Waals surface area contributed by atoms with Gasteiger partial charge in [-0.15, -0.1) is 0 Å². The molecule has 0 saturated heterocycles. The average Bonchev–Trinajstić information content (AvgIpc) is 2.51. The summed E-state index contributed by atoms with van der Waals surface area (Å²) in [6.45, 7) is -1.59. The number of aliphatic hydroxyl groups is 4. The summed E-state index contributed by atoms with van der Waals surface area (Å²) in [6.07, 6.45) is -0.181. The van der Waals surface area contributed by atoms with Crippen molar-refractivity contribution in [2.75, 3.05) is 52.9 Å². The smallest absolute Gasteiger partial charge is 0.306 e. The molecule has 0 amide bonds. The molecule has 0 spiro atoms. The molecule has 0 aromatic carbocycles. The Labute approximate surface area is 123 Å². The Morgan fingerprint density at radius 3 is 1.57 bits per heavy atom. The van der Waals surface area contributed by atoms with Crippen molar-refractivity contribution >= 4 is 5.97 Å². The van der Waals surface area contributed by atoms with Crippen molar-refractivity contribution in [3.63, 3.8) is 0 Å². The Morgan fingerprint density at radius 2 is 1.19 bits per heavy atom. The van der Waals surface area contributed by atoms with Gasteiger partial charge in [0, 0.05) is 6.42 Å². The van der Waals surface area contributed by atoms with Gasteiger partial charge in [0.25, 0.3) is 5.97 Å². The van der Waals surface area contributed by atoms with E-state index in [0.717, 1.165) is 0 Å². The second-order valence-electron chi connectivity index (χ2n) is 3.84. The first-order valence-electron chi connectivity index (χ1n) is 6.65. The fourth-order valence-electron chi connectivity index (χ4n) is 1.43. The molecule has 0 aliphatic carbocycles. The van der Waals surface area contributed by atoms with Gasteiger partial charge >= 0.3 is 5.97 Å². The van der Waals surface area contributed by atoms with Gasteiger partial charge in [0.15, 0.2) is 0 Å². The summed E-state index contributed by atoms with van der Waals surface area (Å²) in [5.74, 6) is -2.24. The molecule has 0 aromatic heterocycles. The van der Waals surface area contributed by atoms with Gasteiger partial charge in [0.2, 0.25) is 0 Å². The molecule has 0 bridgehead atoms. The van der Waals surface area contributed by atoms with Crippen LogP contribution >= 0.6 is 0 Å². The molecular weight excluding hydrogens is 288 g/mol. The van der Waals surface area contributed by atoms with Gasteiger partial charge in [-0.25, -0.2) is 0 Å². The van der Waals surface area contributed by atoms with Crippen LogP contribution in [0.15, 0.2) is 0 Å². The number of rotatable bonds is 14. The first kappa shape index (κ1) is 20.2. The lowest BCUT2D eigenvalue weighted by Gasteiger charge is -2.32. The zero-order valence-electron chi connectivity index (χ0n) is 11.9. The van der Waals surface area contributed by atoms with Crippen LogP contribution in [0, 0.1) is 0 Å². The summed E-state index contributed by atoms with van der Waals surface area (Å²) in [7, 11) is 0. The molecule has 0 aliphatic rings. The maximum absolute atomic E-state index is 11.4. The van der Waals surface area contributed by atoms with E-state index < -0.39 is 11.9 Å². The zero-order chi connectivity index (χ0) is 16.0. The van der Waals surface area contributed by atoms with Crippen LogP contribution in [0.3, 0.4) is 0 Å². The second-order valence-corrected chi connectivity index (χ2v) is 3.84. The Bertz CT molecular complexity index is 237. The number of hydrogen-bond acceptors (Lipinski definition) is 9. The van der Waals surface area contributed by atoms with Gasteiger partial charge in [-0.2, -0.15) is 0 Å². The lowest BCUT2D eigenvalue weighted by atomic mass is 10.2. The van der Waals surface area contributed by atoms with Crippen LogP contribution < -0.4 is 0 Å². The maximum atomic E-state index is 11.4. The third kappa shape index (κ3) is 9.69. The van der Waals surface area contributed by atoms with Crippen LogP contribution in [0.1, 0.15) is 12.8 Å². The van der Waals surface area contributed by atoms with Crippen LogP contribution in [0.4, 0.5) is 0 Å². The third-order valence-electron chi connectivity index (χ3n) is 2.23. The van der Waals surface area contributed by atoms with Gasteiger partial charge in [-0.1, -0.05) is 0 Å². The molecule has 0 atom stereocenters. The topological polar surface area (TPSA) is 135 Å². The molecule has 9 heteroatoms. The fourth-order valence-corrected chi connectivity index (χ4v) is 1.43. The van der Waals surface area contributed by atoms with Gasteiger partial charge in [0.05, 0.1) is 52.7 Å². The Balaban J connectivity index is 4.57. The molecule has 0 aromatic rings. The Morgan fingerprint density at radius 1 is 0.762 bits per heavy atom. The monoisotopic (exact) mass is 312 g/mol. The molecule has 0 heterocycles. The van der Waals surface area contributed by atoms with E-state index in [0.29, 0.717) is 0 Å². The number of ether oxygens (including phenoxy) is 4. The standard InChI is InChI=1S/C12H24O9/c13-3-7-18-11(17)1-2-12(19-8-4-14,20-9-5-15)21-10-6-16/h13-16H,1-10H2. The van der Waals surface area contributed by atoms with Crippen LogP contribution in [0.25, 0.3) is 0 Å². The van der Waals surface area contributed by atoms with E-state index in [1.807, 2.05) is 0 Å². The predicted octanol–water partition coefficient (Wildman–Crippen LogP) is -2.02. The normalized spacial score (nSPS) is 11.6. The van der Waals surface area contributed by atoms with Crippen molar-refractivity contribution in [3.8, 4) is 0 Å². The van der Waals surface area contributed by atoms with E-state index in [2.05, 4.69) is 0 Å². The van der Waals surface area contributed by atoms with E-state index in [4.69, 9.17) is 39.4 Å². The minimum atomic E-state index is -1.66. The number of esters is 1. The molecule has 21 heavy (non-hydrogen) atoms. The van der Waals surface area contributed by atoms with Crippen LogP contribution in [0.2, 0.25) is 0 Å². The summed E-state index contributed by atoms with van der Waals surface area (Å²) in [6, 6.07) is 0. The Hall–Kier alpha value is -0.810. The fraction of sp³-hybridized carbons (Fsp3) is 0.917. The molecule has 0 fully saturated rings.